The molecule has 1 unspecified atom stereocenters. The number of piperidine rings is 1. The van der Waals surface area contributed by atoms with E-state index in [1.54, 1.807) is 12.0 Å². The SMILES string of the molecule is CCCOc1ccc(CNC(=O)N2CCCC(CO)C2)cc1OC. The predicted octanol–water partition coefficient (Wildman–Crippen LogP) is 2.40. The molecule has 0 bridgehead atoms. The highest BCUT2D eigenvalue weighted by Gasteiger charge is 2.22. The Labute approximate surface area is 143 Å². The van der Waals surface area contributed by atoms with Gasteiger partial charge < -0.3 is 24.8 Å². The van der Waals surface area contributed by atoms with Crippen LogP contribution in [0.5, 0.6) is 11.5 Å². The molecule has 6 nitrogen and oxygen atoms in total. The van der Waals surface area contributed by atoms with Gasteiger partial charge >= 0.3 is 6.03 Å². The molecule has 1 heterocycles. The molecule has 0 aliphatic carbocycles. The van der Waals surface area contributed by atoms with E-state index in [1.165, 1.54) is 0 Å². The van der Waals surface area contributed by atoms with Crippen LogP contribution in [-0.4, -0.2) is 49.5 Å². The topological polar surface area (TPSA) is 71.0 Å². The lowest BCUT2D eigenvalue weighted by molar-refractivity contribution is 0.129. The Morgan fingerprint density at radius 3 is 2.96 bits per heavy atom. The van der Waals surface area contributed by atoms with E-state index in [0.29, 0.717) is 25.4 Å². The summed E-state index contributed by atoms with van der Waals surface area (Å²) in [5.74, 6) is 1.59. The number of urea groups is 1. The predicted molar refractivity (Wildman–Crippen MR) is 92.4 cm³/mol. The number of amides is 2. The molecule has 1 aliphatic heterocycles. The summed E-state index contributed by atoms with van der Waals surface area (Å²) in [6, 6.07) is 5.61. The molecular formula is C18H28N2O4. The maximum atomic E-state index is 12.3. The summed E-state index contributed by atoms with van der Waals surface area (Å²) in [7, 11) is 1.61. The number of likely N-dealkylation sites (tertiary alicyclic amines) is 1. The van der Waals surface area contributed by atoms with Gasteiger partial charge in [-0.25, -0.2) is 4.79 Å². The highest BCUT2D eigenvalue weighted by molar-refractivity contribution is 5.74. The van der Waals surface area contributed by atoms with E-state index >= 15 is 0 Å². The van der Waals surface area contributed by atoms with E-state index in [4.69, 9.17) is 9.47 Å². The van der Waals surface area contributed by atoms with Gasteiger partial charge in [0, 0.05) is 26.2 Å². The van der Waals surface area contributed by atoms with E-state index in [1.807, 2.05) is 18.2 Å². The molecule has 2 N–H and O–H groups in total. The maximum absolute atomic E-state index is 12.3. The van der Waals surface area contributed by atoms with Crippen LogP contribution in [0.3, 0.4) is 0 Å². The normalized spacial score (nSPS) is 17.5. The number of benzene rings is 1. The fourth-order valence-corrected chi connectivity index (χ4v) is 2.84. The van der Waals surface area contributed by atoms with Crippen molar-refractivity contribution in [2.75, 3.05) is 33.4 Å². The molecule has 2 amide bonds. The average molecular weight is 336 g/mol. The number of carbonyl (C=O) groups is 1. The monoisotopic (exact) mass is 336 g/mol. The molecule has 1 aromatic rings. The van der Waals surface area contributed by atoms with E-state index < -0.39 is 0 Å². The van der Waals surface area contributed by atoms with Gasteiger partial charge in [-0.1, -0.05) is 13.0 Å². The van der Waals surface area contributed by atoms with Gasteiger partial charge in [0.05, 0.1) is 13.7 Å². The molecule has 24 heavy (non-hydrogen) atoms. The van der Waals surface area contributed by atoms with Crippen LogP contribution in [0.25, 0.3) is 0 Å². The number of hydrogen-bond acceptors (Lipinski definition) is 4. The molecule has 1 saturated heterocycles. The van der Waals surface area contributed by atoms with Crippen molar-refractivity contribution in [2.24, 2.45) is 5.92 Å². The van der Waals surface area contributed by atoms with Crippen LogP contribution in [0.2, 0.25) is 0 Å². The van der Waals surface area contributed by atoms with Gasteiger partial charge in [0.25, 0.3) is 0 Å². The first-order chi connectivity index (χ1) is 11.7. The van der Waals surface area contributed by atoms with Crippen LogP contribution in [0.1, 0.15) is 31.7 Å². The fourth-order valence-electron chi connectivity index (χ4n) is 2.84. The minimum Gasteiger partial charge on any atom is -0.493 e. The Balaban J connectivity index is 1.90. The van der Waals surface area contributed by atoms with Crippen molar-refractivity contribution in [1.82, 2.24) is 10.2 Å². The van der Waals surface area contributed by atoms with Gasteiger partial charge in [0.2, 0.25) is 0 Å². The van der Waals surface area contributed by atoms with Crippen LogP contribution in [0, 0.1) is 5.92 Å². The largest absolute Gasteiger partial charge is 0.493 e. The first kappa shape index (κ1) is 18.4. The molecular weight excluding hydrogens is 308 g/mol. The summed E-state index contributed by atoms with van der Waals surface area (Å²) >= 11 is 0. The van der Waals surface area contributed by atoms with Gasteiger partial charge in [0.1, 0.15) is 0 Å². The van der Waals surface area contributed by atoms with Gasteiger partial charge in [-0.2, -0.15) is 0 Å². The van der Waals surface area contributed by atoms with Gasteiger partial charge in [-0.15, -0.1) is 0 Å². The molecule has 0 spiro atoms. The minimum absolute atomic E-state index is 0.0848. The van der Waals surface area contributed by atoms with Crippen molar-refractivity contribution in [3.05, 3.63) is 23.8 Å². The molecule has 134 valence electrons. The third-order valence-electron chi connectivity index (χ3n) is 4.20. The second-order valence-corrected chi connectivity index (χ2v) is 6.13. The molecule has 0 saturated carbocycles. The van der Waals surface area contributed by atoms with Crippen molar-refractivity contribution >= 4 is 6.03 Å². The van der Waals surface area contributed by atoms with E-state index in [2.05, 4.69) is 12.2 Å². The Kier molecular flexibility index (Phi) is 7.18. The zero-order chi connectivity index (χ0) is 17.4. The summed E-state index contributed by atoms with van der Waals surface area (Å²) in [6.45, 7) is 4.64. The number of aliphatic hydroxyl groups excluding tert-OH is 1. The average Bonchev–Trinajstić information content (AvgIpc) is 2.64. The maximum Gasteiger partial charge on any atom is 0.317 e. The first-order valence-corrected chi connectivity index (χ1v) is 8.61. The van der Waals surface area contributed by atoms with E-state index in [0.717, 1.165) is 37.1 Å². The van der Waals surface area contributed by atoms with E-state index in [-0.39, 0.29) is 18.6 Å². The minimum atomic E-state index is -0.0848. The molecule has 6 heteroatoms. The molecule has 1 aliphatic rings. The van der Waals surface area contributed by atoms with Crippen molar-refractivity contribution < 1.29 is 19.4 Å². The summed E-state index contributed by atoms with van der Waals surface area (Å²) in [5, 5.41) is 12.2. The molecule has 1 fully saturated rings. The second kappa shape index (κ2) is 9.37. The molecule has 1 aromatic carbocycles. The number of nitrogens with zero attached hydrogens (tertiary/aromatic N) is 1. The zero-order valence-corrected chi connectivity index (χ0v) is 14.6. The lowest BCUT2D eigenvalue weighted by Crippen LogP contribution is -2.45. The Hall–Kier alpha value is -1.95. The van der Waals surface area contributed by atoms with Crippen LogP contribution in [0.4, 0.5) is 4.79 Å². The van der Waals surface area contributed by atoms with Crippen molar-refractivity contribution in [1.29, 1.82) is 0 Å². The summed E-state index contributed by atoms with van der Waals surface area (Å²) in [5.41, 5.74) is 0.958. The summed E-state index contributed by atoms with van der Waals surface area (Å²) < 4.78 is 11.0. The Morgan fingerprint density at radius 2 is 2.25 bits per heavy atom. The number of carbonyl (C=O) groups excluding carboxylic acids is 1. The highest BCUT2D eigenvalue weighted by atomic mass is 16.5. The molecule has 2 rings (SSSR count). The van der Waals surface area contributed by atoms with Crippen LogP contribution < -0.4 is 14.8 Å². The fraction of sp³-hybridized carbons (Fsp3) is 0.611. The number of hydrogen-bond donors (Lipinski definition) is 2. The smallest absolute Gasteiger partial charge is 0.317 e. The zero-order valence-electron chi connectivity index (χ0n) is 14.6. The van der Waals surface area contributed by atoms with Gasteiger partial charge in [-0.05, 0) is 42.9 Å². The third-order valence-corrected chi connectivity index (χ3v) is 4.20. The summed E-state index contributed by atoms with van der Waals surface area (Å²) in [4.78, 5) is 14.1. The third kappa shape index (κ3) is 5.03. The standard InChI is InChI=1S/C18H28N2O4/c1-3-9-24-16-7-6-14(10-17(16)23-2)11-19-18(22)20-8-4-5-15(12-20)13-21/h6-7,10,15,21H,3-5,8-9,11-13H2,1-2H3,(H,19,22). The Morgan fingerprint density at radius 1 is 1.42 bits per heavy atom. The second-order valence-electron chi connectivity index (χ2n) is 6.13. The first-order valence-electron chi connectivity index (χ1n) is 8.61. The van der Waals surface area contributed by atoms with Crippen LogP contribution >= 0.6 is 0 Å². The van der Waals surface area contributed by atoms with E-state index in [9.17, 15) is 9.90 Å². The van der Waals surface area contributed by atoms with Crippen LogP contribution in [0.15, 0.2) is 18.2 Å². The highest BCUT2D eigenvalue weighted by Crippen LogP contribution is 2.28. The van der Waals surface area contributed by atoms with Gasteiger partial charge in [-0.3, -0.25) is 0 Å². The quantitative estimate of drug-likeness (QED) is 0.802. The lowest BCUT2D eigenvalue weighted by Gasteiger charge is -2.31. The summed E-state index contributed by atoms with van der Waals surface area (Å²) in [6.07, 6.45) is 2.86. The molecule has 0 radical (unpaired) electrons. The number of ether oxygens (including phenoxy) is 2. The van der Waals surface area contributed by atoms with Crippen molar-refractivity contribution in [3.63, 3.8) is 0 Å². The Bertz CT molecular complexity index is 536. The lowest BCUT2D eigenvalue weighted by atomic mass is 9.99. The number of methoxy groups -OCH3 is 1. The van der Waals surface area contributed by atoms with Crippen molar-refractivity contribution in [3.8, 4) is 11.5 Å². The van der Waals surface area contributed by atoms with Crippen molar-refractivity contribution in [2.45, 2.75) is 32.7 Å². The number of aliphatic hydroxyl groups is 1. The molecule has 0 aromatic heterocycles. The number of rotatable bonds is 7. The number of nitrogens with one attached hydrogen (secondary N) is 1. The van der Waals surface area contributed by atoms with Crippen LogP contribution in [-0.2, 0) is 6.54 Å². The molecule has 1 atom stereocenters. The van der Waals surface area contributed by atoms with Gasteiger partial charge in [0.15, 0.2) is 11.5 Å².